The van der Waals surface area contributed by atoms with Gasteiger partial charge in [0.25, 0.3) is 0 Å². The van der Waals surface area contributed by atoms with Gasteiger partial charge in [0.15, 0.2) is 0 Å². The number of ether oxygens (including phenoxy) is 1. The van der Waals surface area contributed by atoms with Crippen molar-refractivity contribution in [1.29, 1.82) is 0 Å². The molecule has 1 aromatic heterocycles. The maximum Gasteiger partial charge on any atom is 0.146 e. The molecule has 1 atom stereocenters. The van der Waals surface area contributed by atoms with Gasteiger partial charge >= 0.3 is 0 Å². The van der Waals surface area contributed by atoms with Crippen molar-refractivity contribution < 1.29 is 9.84 Å². The Morgan fingerprint density at radius 1 is 0.595 bits per heavy atom. The van der Waals surface area contributed by atoms with Gasteiger partial charge in [-0.25, -0.2) is 9.97 Å². The van der Waals surface area contributed by atoms with Crippen molar-refractivity contribution >= 4 is 46.4 Å². The van der Waals surface area contributed by atoms with Gasteiger partial charge in [0.1, 0.15) is 23.9 Å². The lowest BCUT2D eigenvalue weighted by Gasteiger charge is -2.12. The van der Waals surface area contributed by atoms with E-state index in [0.717, 1.165) is 16.7 Å². The zero-order valence-corrected chi connectivity index (χ0v) is 22.3. The van der Waals surface area contributed by atoms with E-state index in [1.54, 1.807) is 48.8 Å². The summed E-state index contributed by atoms with van der Waals surface area (Å²) >= 11 is 23.5. The summed E-state index contributed by atoms with van der Waals surface area (Å²) in [6.07, 6.45) is 4.01. The minimum absolute atomic E-state index is 0.420. The summed E-state index contributed by atoms with van der Waals surface area (Å²) in [5, 5.41) is 12.3. The van der Waals surface area contributed by atoms with E-state index in [1.807, 2.05) is 42.5 Å². The van der Waals surface area contributed by atoms with Crippen LogP contribution in [0.1, 0.15) is 17.2 Å². The van der Waals surface area contributed by atoms with Crippen LogP contribution >= 0.6 is 46.4 Å². The lowest BCUT2D eigenvalue weighted by atomic mass is 9.98. The van der Waals surface area contributed by atoms with Gasteiger partial charge in [0.05, 0.1) is 10.0 Å². The number of rotatable bonds is 5. The van der Waals surface area contributed by atoms with Crippen LogP contribution in [0, 0.1) is 0 Å². The third-order valence-corrected chi connectivity index (χ3v) is 6.27. The summed E-state index contributed by atoms with van der Waals surface area (Å²) in [7, 11) is 0. The molecule has 0 aliphatic carbocycles. The Balaban J connectivity index is 0.000000176. The molecule has 1 unspecified atom stereocenters. The van der Waals surface area contributed by atoms with Crippen LogP contribution < -0.4 is 4.74 Å². The molecule has 1 N–H and O–H groups in total. The fourth-order valence-electron chi connectivity index (χ4n) is 3.40. The second kappa shape index (κ2) is 12.9. The largest absolute Gasteiger partial charge is 0.454 e. The van der Waals surface area contributed by atoms with Crippen molar-refractivity contribution in [1.82, 2.24) is 9.97 Å². The topological polar surface area (TPSA) is 55.2 Å². The minimum Gasteiger partial charge on any atom is -0.454 e. The molecule has 0 amide bonds. The fraction of sp³-hybridized carbons (Fsp3) is 0.0345. The molecule has 4 aromatic carbocycles. The van der Waals surface area contributed by atoms with Gasteiger partial charge in [-0.15, -0.1) is 0 Å². The van der Waals surface area contributed by atoms with E-state index in [0.29, 0.717) is 37.2 Å². The maximum absolute atomic E-state index is 10.4. The van der Waals surface area contributed by atoms with Crippen LogP contribution in [0.5, 0.6) is 11.5 Å². The quantitative estimate of drug-likeness (QED) is 0.229. The maximum atomic E-state index is 10.4. The summed E-state index contributed by atoms with van der Waals surface area (Å²) in [5.74, 6) is 0.973. The van der Waals surface area contributed by atoms with E-state index in [-0.39, 0.29) is 0 Å². The molecule has 0 aliphatic heterocycles. The van der Waals surface area contributed by atoms with E-state index in [2.05, 4.69) is 22.1 Å². The van der Waals surface area contributed by atoms with Gasteiger partial charge in [-0.05, 0) is 59.2 Å². The molecule has 5 rings (SSSR count). The Bertz CT molecular complexity index is 1420. The van der Waals surface area contributed by atoms with E-state index in [9.17, 15) is 5.11 Å². The summed E-state index contributed by atoms with van der Waals surface area (Å²) in [6.45, 7) is 0. The summed E-state index contributed by atoms with van der Waals surface area (Å²) in [6, 6.07) is 27.9. The highest BCUT2D eigenvalue weighted by molar-refractivity contribution is 6.36. The Hall–Kier alpha value is -3.12. The van der Waals surface area contributed by atoms with Gasteiger partial charge in [0, 0.05) is 28.0 Å². The molecule has 0 bridgehead atoms. The van der Waals surface area contributed by atoms with Crippen molar-refractivity contribution in [3.05, 3.63) is 141 Å². The number of aliphatic hydroxyl groups is 1. The molecule has 5 aromatic rings. The van der Waals surface area contributed by atoms with E-state index in [1.165, 1.54) is 6.33 Å². The van der Waals surface area contributed by atoms with Crippen LogP contribution in [0.25, 0.3) is 11.1 Å². The third kappa shape index (κ3) is 7.45. The molecule has 0 saturated heterocycles. The van der Waals surface area contributed by atoms with Crippen LogP contribution in [0.2, 0.25) is 20.1 Å². The molecule has 0 fully saturated rings. The van der Waals surface area contributed by atoms with E-state index < -0.39 is 6.10 Å². The predicted molar refractivity (Wildman–Crippen MR) is 151 cm³/mol. The normalized spacial score (nSPS) is 11.3. The zero-order chi connectivity index (χ0) is 26.2. The smallest absolute Gasteiger partial charge is 0.146 e. The lowest BCUT2D eigenvalue weighted by molar-refractivity contribution is 0.219. The molecule has 0 radical (unpaired) electrons. The van der Waals surface area contributed by atoms with Crippen molar-refractivity contribution in [2.24, 2.45) is 0 Å². The third-order valence-electron chi connectivity index (χ3n) is 5.21. The first-order chi connectivity index (χ1) is 17.9. The number of hydrogen-bond donors (Lipinski definition) is 1. The molecule has 0 spiro atoms. The molecule has 8 heteroatoms. The van der Waals surface area contributed by atoms with Gasteiger partial charge in [-0.1, -0.05) is 94.9 Å². The van der Waals surface area contributed by atoms with Crippen molar-refractivity contribution in [2.75, 3.05) is 0 Å². The molecule has 186 valence electrons. The number of nitrogens with zero attached hydrogens (tertiary/aromatic N) is 2. The van der Waals surface area contributed by atoms with E-state index >= 15 is 0 Å². The Morgan fingerprint density at radius 2 is 1.16 bits per heavy atom. The van der Waals surface area contributed by atoms with Gasteiger partial charge in [-0.2, -0.15) is 0 Å². The number of aliphatic hydroxyl groups excluding tert-OH is 1. The number of halogens is 4. The monoisotopic (exact) mass is 568 g/mol. The summed E-state index contributed by atoms with van der Waals surface area (Å²) in [4.78, 5) is 7.88. The highest BCUT2D eigenvalue weighted by Crippen LogP contribution is 2.36. The minimum atomic E-state index is -0.708. The predicted octanol–water partition coefficient (Wildman–Crippen LogP) is 9.32. The summed E-state index contributed by atoms with van der Waals surface area (Å²) < 4.78 is 5.57. The lowest BCUT2D eigenvalue weighted by Crippen LogP contribution is -2.00. The van der Waals surface area contributed by atoms with Crippen LogP contribution in [0.4, 0.5) is 0 Å². The first-order valence-electron chi connectivity index (χ1n) is 11.1. The Labute approximate surface area is 235 Å². The number of hydrogen-bond acceptors (Lipinski definition) is 4. The molecule has 0 saturated carbocycles. The highest BCUT2D eigenvalue weighted by Gasteiger charge is 2.12. The van der Waals surface area contributed by atoms with Crippen LogP contribution in [-0.2, 0) is 0 Å². The van der Waals surface area contributed by atoms with Crippen molar-refractivity contribution in [3.63, 3.8) is 0 Å². The van der Waals surface area contributed by atoms with Gasteiger partial charge in [-0.3, -0.25) is 0 Å². The molecule has 4 nitrogen and oxygen atoms in total. The molecule has 1 heterocycles. The van der Waals surface area contributed by atoms with Crippen molar-refractivity contribution in [2.45, 2.75) is 6.10 Å². The van der Waals surface area contributed by atoms with Crippen molar-refractivity contribution in [3.8, 4) is 22.6 Å². The molecule has 0 aliphatic rings. The average Bonchev–Trinajstić information content (AvgIpc) is 2.92. The first kappa shape index (κ1) is 26.9. The standard InChI is InChI=1S/C17H14N2O.C12H6Cl4O/c20-17(16-10-18-12-19-11-16)15-8-4-7-14(9-15)13-5-2-1-3-6-13;13-7-1-3-11(9(15)5-7)17-12-4-2-8(14)6-10(12)16/h1-12,17,20H;1-6H. The second-order valence-electron chi connectivity index (χ2n) is 7.82. The van der Waals surface area contributed by atoms with Crippen LogP contribution in [0.15, 0.2) is 110 Å². The zero-order valence-electron chi connectivity index (χ0n) is 19.2. The van der Waals surface area contributed by atoms with Crippen LogP contribution in [0.3, 0.4) is 0 Å². The Morgan fingerprint density at radius 3 is 1.73 bits per heavy atom. The van der Waals surface area contributed by atoms with Gasteiger partial charge in [0.2, 0.25) is 0 Å². The Kier molecular flexibility index (Phi) is 9.40. The SMILES string of the molecule is Clc1ccc(Oc2ccc(Cl)cc2Cl)c(Cl)c1.OC(c1cncnc1)c1cccc(-c2ccccc2)c1. The summed E-state index contributed by atoms with van der Waals surface area (Å²) in [5.41, 5.74) is 3.74. The second-order valence-corrected chi connectivity index (χ2v) is 9.50. The average molecular weight is 570 g/mol. The fourth-order valence-corrected chi connectivity index (χ4v) is 4.29. The van der Waals surface area contributed by atoms with Crippen LogP contribution in [-0.4, -0.2) is 15.1 Å². The van der Waals surface area contributed by atoms with Gasteiger partial charge < -0.3 is 9.84 Å². The number of benzene rings is 4. The molecular weight excluding hydrogens is 550 g/mol. The molecular formula is C29H20Cl4N2O2. The highest BCUT2D eigenvalue weighted by atomic mass is 35.5. The molecule has 37 heavy (non-hydrogen) atoms. The van der Waals surface area contributed by atoms with E-state index in [4.69, 9.17) is 51.1 Å². The number of aromatic nitrogens is 2. The first-order valence-corrected chi connectivity index (χ1v) is 12.6.